The monoisotopic (exact) mass is 1150 g/mol. The molecule has 6 nitrogen and oxygen atoms in total. The number of rotatable bonds is 9. The first-order chi connectivity index (χ1) is 40.5. The first-order valence-electron chi connectivity index (χ1n) is 31.3. The number of nitrogens with one attached hydrogen (secondary N) is 2. The standard InChI is InChI=1S/C81H92N4O2/c1-75(2,3)51-34-35-82-71(46-51)85-68-33-32-62-61-26-22-25-29-70(61)87-74(62)72(68)63-31-30-59(48-69(63)85)86-60-43-56(80(16,17)18)42-58(47-60)83-66-27-23-24-28-67(66)84-73-64(49-36-52(76(4,5)6)40-53(37-49)77(7,8)9)44-57(81(19,20)21)45-65(73)50-38-54(78(10,11)12)41-55(39-50)79(13,14)15/h22-48,83-84H,1-21H3. The molecule has 3 aromatic heterocycles. The Labute approximate surface area is 518 Å². The molecule has 0 saturated heterocycles. The maximum Gasteiger partial charge on any atom is 0.145 e. The molecule has 11 aromatic rings. The normalized spacial score (nSPS) is 13.1. The van der Waals surface area contributed by atoms with Gasteiger partial charge in [0.1, 0.15) is 28.5 Å². The number of hydrogen-bond acceptors (Lipinski definition) is 5. The van der Waals surface area contributed by atoms with Gasteiger partial charge in [-0.25, -0.2) is 4.98 Å². The number of benzene rings is 8. The molecule has 0 amide bonds. The Morgan fingerprint density at radius 2 is 0.862 bits per heavy atom. The highest BCUT2D eigenvalue weighted by Gasteiger charge is 2.29. The number of anilines is 4. The number of nitrogens with zero attached hydrogens (tertiary/aromatic N) is 2. The number of pyridine rings is 1. The fourth-order valence-corrected chi connectivity index (χ4v) is 11.8. The minimum absolute atomic E-state index is 0.0785. The molecule has 0 aliphatic carbocycles. The summed E-state index contributed by atoms with van der Waals surface area (Å²) in [6.45, 7) is 48.5. The van der Waals surface area contributed by atoms with E-state index in [-0.39, 0.29) is 37.9 Å². The SMILES string of the molecule is CC(C)(C)c1cc(Nc2ccccc2Nc2c(-c3cc(C(C)(C)C)cc(C(C)(C)C)c3)cc(C(C)(C)C)cc2-c2cc(C(C)(C)C)cc(C(C)(C)C)c2)cc(Oc2ccc3c4c5oc6ccccc6c5ccc4n(-c4cc(C(C)(C)C)ccn4)c3c2)c1. The molecular weight excluding hydrogens is 1060 g/mol. The van der Waals surface area contributed by atoms with Crippen molar-refractivity contribution in [2.75, 3.05) is 10.6 Å². The summed E-state index contributed by atoms with van der Waals surface area (Å²) in [4.78, 5) is 5.04. The average Bonchev–Trinajstić information content (AvgIpc) is 1.73. The van der Waals surface area contributed by atoms with E-state index in [0.717, 1.165) is 83.6 Å². The third-order valence-electron chi connectivity index (χ3n) is 17.5. The van der Waals surface area contributed by atoms with Crippen molar-refractivity contribution in [2.24, 2.45) is 0 Å². The van der Waals surface area contributed by atoms with Crippen molar-refractivity contribution < 1.29 is 9.15 Å². The second kappa shape index (κ2) is 21.4. The van der Waals surface area contributed by atoms with Crippen LogP contribution in [0.15, 0.2) is 168 Å². The zero-order valence-corrected chi connectivity index (χ0v) is 55.8. The van der Waals surface area contributed by atoms with E-state index >= 15 is 0 Å². The largest absolute Gasteiger partial charge is 0.457 e. The summed E-state index contributed by atoms with van der Waals surface area (Å²) in [5.74, 6) is 2.29. The van der Waals surface area contributed by atoms with Gasteiger partial charge >= 0.3 is 0 Å². The van der Waals surface area contributed by atoms with Gasteiger partial charge in [0.2, 0.25) is 0 Å². The number of para-hydroxylation sites is 3. The highest BCUT2D eigenvalue weighted by atomic mass is 16.5. The van der Waals surface area contributed by atoms with Crippen molar-refractivity contribution in [3.05, 3.63) is 203 Å². The second-order valence-corrected chi connectivity index (χ2v) is 31.8. The lowest BCUT2D eigenvalue weighted by molar-refractivity contribution is 0.479. The first-order valence-corrected chi connectivity index (χ1v) is 31.3. The summed E-state index contributed by atoms with van der Waals surface area (Å²) >= 11 is 0. The Balaban J connectivity index is 1.07. The van der Waals surface area contributed by atoms with Gasteiger partial charge in [0.05, 0.1) is 33.5 Å². The van der Waals surface area contributed by atoms with E-state index < -0.39 is 0 Å². The van der Waals surface area contributed by atoms with Crippen LogP contribution in [0.25, 0.3) is 71.8 Å². The van der Waals surface area contributed by atoms with E-state index in [1.54, 1.807) is 0 Å². The maximum atomic E-state index is 7.12. The van der Waals surface area contributed by atoms with Crippen molar-refractivity contribution in [3.8, 4) is 39.6 Å². The van der Waals surface area contributed by atoms with Gasteiger partial charge in [-0.1, -0.05) is 212 Å². The molecule has 6 heteroatoms. The van der Waals surface area contributed by atoms with Crippen LogP contribution in [0.5, 0.6) is 11.5 Å². The quantitative estimate of drug-likeness (QED) is 0.151. The van der Waals surface area contributed by atoms with Gasteiger partial charge in [-0.15, -0.1) is 0 Å². The molecule has 0 saturated carbocycles. The Morgan fingerprint density at radius 1 is 0.379 bits per heavy atom. The van der Waals surface area contributed by atoms with Crippen LogP contribution in [0.3, 0.4) is 0 Å². The van der Waals surface area contributed by atoms with Crippen LogP contribution in [0.2, 0.25) is 0 Å². The van der Waals surface area contributed by atoms with Crippen LogP contribution >= 0.6 is 0 Å². The first kappa shape index (κ1) is 60.6. The Hall–Kier alpha value is -8.09. The molecule has 0 spiro atoms. The zero-order chi connectivity index (χ0) is 62.7. The number of ether oxygens (including phenoxy) is 1. The maximum absolute atomic E-state index is 7.12. The van der Waals surface area contributed by atoms with Crippen LogP contribution in [0.4, 0.5) is 22.7 Å². The lowest BCUT2D eigenvalue weighted by atomic mass is 9.76. The van der Waals surface area contributed by atoms with Crippen LogP contribution in [0.1, 0.15) is 184 Å². The minimum Gasteiger partial charge on any atom is -0.457 e. The molecule has 2 N–H and O–H groups in total. The Kier molecular flexibility index (Phi) is 14.9. The lowest BCUT2D eigenvalue weighted by Gasteiger charge is -2.30. The summed E-state index contributed by atoms with van der Waals surface area (Å²) in [7, 11) is 0. The molecule has 11 rings (SSSR count). The lowest BCUT2D eigenvalue weighted by Crippen LogP contribution is -2.17. The summed E-state index contributed by atoms with van der Waals surface area (Å²) in [5, 5.41) is 12.5. The van der Waals surface area contributed by atoms with Crippen LogP contribution in [-0.4, -0.2) is 9.55 Å². The Bertz CT molecular complexity index is 4300. The van der Waals surface area contributed by atoms with Crippen molar-refractivity contribution in [1.82, 2.24) is 9.55 Å². The van der Waals surface area contributed by atoms with Gasteiger partial charge in [0.15, 0.2) is 0 Å². The van der Waals surface area contributed by atoms with E-state index in [1.807, 2.05) is 18.3 Å². The highest BCUT2D eigenvalue weighted by molar-refractivity contribution is 6.24. The molecule has 0 aliphatic heterocycles. The smallest absolute Gasteiger partial charge is 0.145 e. The summed E-state index contributed by atoms with van der Waals surface area (Å²) in [6.07, 6.45) is 1.93. The topological polar surface area (TPSA) is 64.2 Å². The molecule has 0 unspecified atom stereocenters. The number of hydrogen-bond donors (Lipinski definition) is 2. The molecule has 0 atom stereocenters. The van der Waals surface area contributed by atoms with Gasteiger partial charge in [-0.2, -0.15) is 0 Å². The van der Waals surface area contributed by atoms with E-state index in [2.05, 4.69) is 306 Å². The van der Waals surface area contributed by atoms with Gasteiger partial charge in [0.25, 0.3) is 0 Å². The van der Waals surface area contributed by atoms with Crippen molar-refractivity contribution in [3.63, 3.8) is 0 Å². The highest BCUT2D eigenvalue weighted by Crippen LogP contribution is 2.49. The molecule has 0 bridgehead atoms. The Morgan fingerprint density at radius 3 is 1.40 bits per heavy atom. The molecular formula is C81H92N4O2. The van der Waals surface area contributed by atoms with E-state index in [1.165, 1.54) is 55.6 Å². The molecule has 8 aromatic carbocycles. The fraction of sp³-hybridized carbons (Fsp3) is 0.346. The van der Waals surface area contributed by atoms with Crippen LogP contribution in [0, 0.1) is 0 Å². The molecule has 3 heterocycles. The van der Waals surface area contributed by atoms with Crippen molar-refractivity contribution in [1.29, 1.82) is 0 Å². The third-order valence-corrected chi connectivity index (χ3v) is 17.5. The zero-order valence-electron chi connectivity index (χ0n) is 55.8. The number of aromatic nitrogens is 2. The molecule has 0 radical (unpaired) electrons. The number of fused-ring (bicyclic) bond motifs is 7. The van der Waals surface area contributed by atoms with Gasteiger partial charge in [-0.05, 0) is 167 Å². The predicted octanol–water partition coefficient (Wildman–Crippen LogP) is 23.8. The van der Waals surface area contributed by atoms with Gasteiger partial charge < -0.3 is 19.8 Å². The minimum atomic E-state index is -0.203. The van der Waals surface area contributed by atoms with Gasteiger partial charge in [0, 0.05) is 51.3 Å². The summed E-state index contributed by atoms with van der Waals surface area (Å²) < 4.78 is 16.1. The van der Waals surface area contributed by atoms with E-state index in [0.29, 0.717) is 5.75 Å². The van der Waals surface area contributed by atoms with E-state index in [9.17, 15) is 0 Å². The van der Waals surface area contributed by atoms with E-state index in [4.69, 9.17) is 14.1 Å². The predicted molar refractivity (Wildman–Crippen MR) is 374 cm³/mol. The third kappa shape index (κ3) is 12.2. The summed E-state index contributed by atoms with van der Waals surface area (Å²) in [5.41, 5.74) is 20.5. The number of furan rings is 1. The van der Waals surface area contributed by atoms with Crippen molar-refractivity contribution >= 4 is 66.5 Å². The van der Waals surface area contributed by atoms with Crippen LogP contribution < -0.4 is 15.4 Å². The molecule has 87 heavy (non-hydrogen) atoms. The van der Waals surface area contributed by atoms with Gasteiger partial charge in [-0.3, -0.25) is 4.57 Å². The molecule has 448 valence electrons. The average molecular weight is 1150 g/mol. The second-order valence-electron chi connectivity index (χ2n) is 31.8. The fourth-order valence-electron chi connectivity index (χ4n) is 11.8. The van der Waals surface area contributed by atoms with Crippen LogP contribution in [-0.2, 0) is 37.9 Å². The molecule has 0 aliphatic rings. The molecule has 0 fully saturated rings. The summed E-state index contributed by atoms with van der Waals surface area (Å²) in [6, 6.07) is 58.2. The van der Waals surface area contributed by atoms with Crippen molar-refractivity contribution in [2.45, 2.75) is 183 Å².